The Bertz CT molecular complexity index is 877. The summed E-state index contributed by atoms with van der Waals surface area (Å²) in [5.41, 5.74) is 2.44. The molecule has 3 heterocycles. The van der Waals surface area contributed by atoms with E-state index in [1.165, 1.54) is 0 Å². The minimum absolute atomic E-state index is 0.0422. The highest BCUT2D eigenvalue weighted by Crippen LogP contribution is 2.32. The average Bonchev–Trinajstić information content (AvgIpc) is 3.19. The molecule has 0 bridgehead atoms. The Balaban J connectivity index is 2.03. The van der Waals surface area contributed by atoms with Gasteiger partial charge in [-0.15, -0.1) is 0 Å². The van der Waals surface area contributed by atoms with E-state index >= 15 is 0 Å². The highest BCUT2D eigenvalue weighted by atomic mass is 16.5. The SMILES string of the molecule is CCCOCn1cc(-c2cn(CCO)c3cnc(C(C)(C)O)cc23)cn1. The second kappa shape index (κ2) is 7.57. The predicted octanol–water partition coefficient (Wildman–Crippen LogP) is 2.50. The van der Waals surface area contributed by atoms with Crippen LogP contribution in [0.1, 0.15) is 32.9 Å². The number of aromatic nitrogens is 4. The summed E-state index contributed by atoms with van der Waals surface area (Å²) in [5.74, 6) is 0. The number of aliphatic hydroxyl groups is 2. The minimum atomic E-state index is -1.03. The van der Waals surface area contributed by atoms with Crippen molar-refractivity contribution in [3.63, 3.8) is 0 Å². The van der Waals surface area contributed by atoms with Gasteiger partial charge in [0.1, 0.15) is 12.3 Å². The average molecular weight is 358 g/mol. The molecule has 0 aliphatic carbocycles. The first kappa shape index (κ1) is 18.6. The zero-order valence-electron chi connectivity index (χ0n) is 15.5. The maximum Gasteiger partial charge on any atom is 0.139 e. The summed E-state index contributed by atoms with van der Waals surface area (Å²) in [7, 11) is 0. The zero-order chi connectivity index (χ0) is 18.7. The van der Waals surface area contributed by atoms with E-state index in [-0.39, 0.29) is 6.61 Å². The summed E-state index contributed by atoms with van der Waals surface area (Å²) >= 11 is 0. The van der Waals surface area contributed by atoms with Gasteiger partial charge in [0.2, 0.25) is 0 Å². The van der Waals surface area contributed by atoms with Crippen LogP contribution in [0.3, 0.4) is 0 Å². The Morgan fingerprint density at radius 1 is 1.23 bits per heavy atom. The Labute approximate surface area is 152 Å². The van der Waals surface area contributed by atoms with E-state index in [0.29, 0.717) is 25.6 Å². The minimum Gasteiger partial charge on any atom is -0.395 e. The summed E-state index contributed by atoms with van der Waals surface area (Å²) in [4.78, 5) is 4.39. The Morgan fingerprint density at radius 2 is 2.04 bits per heavy atom. The quantitative estimate of drug-likeness (QED) is 0.604. The van der Waals surface area contributed by atoms with Gasteiger partial charge in [0.25, 0.3) is 0 Å². The molecule has 26 heavy (non-hydrogen) atoms. The lowest BCUT2D eigenvalue weighted by molar-refractivity contribution is 0.0694. The molecule has 2 N–H and O–H groups in total. The lowest BCUT2D eigenvalue weighted by atomic mass is 10.0. The van der Waals surface area contributed by atoms with Crippen LogP contribution in [0.15, 0.2) is 30.9 Å². The fraction of sp³-hybridized carbons (Fsp3) is 0.474. The molecular formula is C19H26N4O3. The lowest BCUT2D eigenvalue weighted by Crippen LogP contribution is -2.17. The Kier molecular flexibility index (Phi) is 5.41. The number of pyridine rings is 1. The van der Waals surface area contributed by atoms with Crippen LogP contribution in [-0.4, -0.2) is 42.8 Å². The topological polar surface area (TPSA) is 85.3 Å². The van der Waals surface area contributed by atoms with Crippen molar-refractivity contribution >= 4 is 10.9 Å². The maximum atomic E-state index is 10.3. The third kappa shape index (κ3) is 3.80. The molecule has 3 rings (SSSR count). The molecular weight excluding hydrogens is 332 g/mol. The van der Waals surface area contributed by atoms with Gasteiger partial charge in [0.05, 0.1) is 30.2 Å². The molecule has 0 atom stereocenters. The number of rotatable bonds is 8. The second-order valence-corrected chi connectivity index (χ2v) is 6.91. The van der Waals surface area contributed by atoms with Crippen LogP contribution in [0.4, 0.5) is 0 Å². The van der Waals surface area contributed by atoms with Gasteiger partial charge in [-0.05, 0) is 26.3 Å². The fourth-order valence-electron chi connectivity index (χ4n) is 2.92. The van der Waals surface area contributed by atoms with Crippen LogP contribution in [0.25, 0.3) is 22.0 Å². The van der Waals surface area contributed by atoms with Crippen LogP contribution >= 0.6 is 0 Å². The predicted molar refractivity (Wildman–Crippen MR) is 99.5 cm³/mol. The van der Waals surface area contributed by atoms with E-state index < -0.39 is 5.60 Å². The molecule has 0 aromatic carbocycles. The summed E-state index contributed by atoms with van der Waals surface area (Å²) in [5, 5.41) is 25.0. The van der Waals surface area contributed by atoms with Gasteiger partial charge >= 0.3 is 0 Å². The molecule has 7 heteroatoms. The van der Waals surface area contributed by atoms with E-state index in [2.05, 4.69) is 17.0 Å². The molecule has 0 aliphatic heterocycles. The van der Waals surface area contributed by atoms with Gasteiger partial charge in [0.15, 0.2) is 0 Å². The molecule has 0 aliphatic rings. The van der Waals surface area contributed by atoms with Crippen molar-refractivity contribution in [2.75, 3.05) is 13.2 Å². The molecule has 0 radical (unpaired) electrons. The number of ether oxygens (including phenoxy) is 1. The van der Waals surface area contributed by atoms with Crippen LogP contribution in [0, 0.1) is 0 Å². The molecule has 7 nitrogen and oxygen atoms in total. The molecule has 3 aromatic rings. The monoisotopic (exact) mass is 358 g/mol. The molecule has 0 fully saturated rings. The zero-order valence-corrected chi connectivity index (χ0v) is 15.5. The number of nitrogens with zero attached hydrogens (tertiary/aromatic N) is 4. The van der Waals surface area contributed by atoms with E-state index in [1.54, 1.807) is 30.9 Å². The van der Waals surface area contributed by atoms with Gasteiger partial charge in [0, 0.05) is 42.1 Å². The number of aliphatic hydroxyl groups excluding tert-OH is 1. The van der Waals surface area contributed by atoms with Crippen molar-refractivity contribution in [2.24, 2.45) is 0 Å². The van der Waals surface area contributed by atoms with E-state index in [9.17, 15) is 10.2 Å². The molecule has 0 amide bonds. The first-order valence-electron chi connectivity index (χ1n) is 8.87. The van der Waals surface area contributed by atoms with Crippen LogP contribution < -0.4 is 0 Å². The third-order valence-corrected chi connectivity index (χ3v) is 4.25. The van der Waals surface area contributed by atoms with Gasteiger partial charge in [-0.1, -0.05) is 6.92 Å². The lowest BCUT2D eigenvalue weighted by Gasteiger charge is -2.16. The van der Waals surface area contributed by atoms with Gasteiger partial charge in [-0.3, -0.25) is 4.98 Å². The van der Waals surface area contributed by atoms with E-state index in [4.69, 9.17) is 4.74 Å². The van der Waals surface area contributed by atoms with E-state index in [0.717, 1.165) is 28.5 Å². The van der Waals surface area contributed by atoms with Crippen molar-refractivity contribution in [1.29, 1.82) is 0 Å². The summed E-state index contributed by atoms with van der Waals surface area (Å²) in [6, 6.07) is 1.91. The van der Waals surface area contributed by atoms with Crippen LogP contribution in [-0.2, 0) is 23.6 Å². The summed E-state index contributed by atoms with van der Waals surface area (Å²) in [6.07, 6.45) is 8.45. The highest BCUT2D eigenvalue weighted by molar-refractivity contribution is 5.95. The molecule has 3 aromatic heterocycles. The van der Waals surface area contributed by atoms with Crippen molar-refractivity contribution in [2.45, 2.75) is 46.1 Å². The van der Waals surface area contributed by atoms with Gasteiger partial charge in [-0.2, -0.15) is 5.10 Å². The first-order chi connectivity index (χ1) is 12.4. The Morgan fingerprint density at radius 3 is 2.73 bits per heavy atom. The number of hydrogen-bond donors (Lipinski definition) is 2. The van der Waals surface area contributed by atoms with Gasteiger partial charge in [-0.25, -0.2) is 4.68 Å². The van der Waals surface area contributed by atoms with Crippen LogP contribution in [0.5, 0.6) is 0 Å². The number of fused-ring (bicyclic) bond motifs is 1. The standard InChI is InChI=1S/C19H26N4O3/c1-4-7-26-13-23-11-14(9-21-23)16-12-22(5-6-24)17-10-20-18(8-15(16)17)19(2,3)25/h8-12,24-25H,4-7,13H2,1-3H3. The maximum absolute atomic E-state index is 10.3. The van der Waals surface area contributed by atoms with Crippen molar-refractivity contribution < 1.29 is 14.9 Å². The number of hydrogen-bond acceptors (Lipinski definition) is 5. The molecule has 0 saturated heterocycles. The third-order valence-electron chi connectivity index (χ3n) is 4.25. The smallest absolute Gasteiger partial charge is 0.139 e. The van der Waals surface area contributed by atoms with Crippen molar-refractivity contribution in [1.82, 2.24) is 19.3 Å². The largest absolute Gasteiger partial charge is 0.395 e. The van der Waals surface area contributed by atoms with Crippen molar-refractivity contribution in [3.05, 3.63) is 36.5 Å². The second-order valence-electron chi connectivity index (χ2n) is 6.91. The fourth-order valence-corrected chi connectivity index (χ4v) is 2.92. The van der Waals surface area contributed by atoms with Crippen LogP contribution in [0.2, 0.25) is 0 Å². The summed E-state index contributed by atoms with van der Waals surface area (Å²) < 4.78 is 9.26. The molecule has 0 saturated carbocycles. The molecule has 0 unspecified atom stereocenters. The normalized spacial score (nSPS) is 12.2. The Hall–Kier alpha value is -2.22. The molecule has 0 spiro atoms. The molecule has 140 valence electrons. The van der Waals surface area contributed by atoms with E-state index in [1.807, 2.05) is 23.0 Å². The summed E-state index contributed by atoms with van der Waals surface area (Å²) in [6.45, 7) is 7.14. The highest BCUT2D eigenvalue weighted by Gasteiger charge is 2.20. The van der Waals surface area contributed by atoms with Gasteiger partial charge < -0.3 is 19.5 Å². The van der Waals surface area contributed by atoms with Crippen molar-refractivity contribution in [3.8, 4) is 11.1 Å². The first-order valence-corrected chi connectivity index (χ1v) is 8.87.